The van der Waals surface area contributed by atoms with Crippen molar-refractivity contribution < 1.29 is 4.79 Å². The van der Waals surface area contributed by atoms with E-state index < -0.39 is 0 Å². The van der Waals surface area contributed by atoms with Crippen LogP contribution < -0.4 is 4.90 Å². The summed E-state index contributed by atoms with van der Waals surface area (Å²) in [5.41, 5.74) is 11.1. The summed E-state index contributed by atoms with van der Waals surface area (Å²) < 4.78 is 0. The molecule has 0 saturated carbocycles. The summed E-state index contributed by atoms with van der Waals surface area (Å²) in [4.78, 5) is 21.3. The molecular weight excluding hydrogens is 266 g/mol. The number of pyridine rings is 1. The molecule has 2 heterocycles. The smallest absolute Gasteiger partial charge is 0.227 e. The van der Waals surface area contributed by atoms with Crippen molar-refractivity contribution in [3.8, 4) is 0 Å². The number of aryl methyl sites for hydroxylation is 1. The van der Waals surface area contributed by atoms with Crippen LogP contribution in [-0.2, 0) is 4.79 Å². The van der Waals surface area contributed by atoms with Gasteiger partial charge in [0.15, 0.2) is 0 Å². The Labute approximate surface area is 122 Å². The van der Waals surface area contributed by atoms with Gasteiger partial charge in [0.1, 0.15) is 0 Å². The number of hydrogen-bond acceptors (Lipinski definition) is 3. The molecule has 6 heteroatoms. The molecule has 3 rings (SSSR count). The van der Waals surface area contributed by atoms with Crippen LogP contribution in [0.3, 0.4) is 0 Å². The first-order valence-electron chi connectivity index (χ1n) is 6.86. The first-order valence-corrected chi connectivity index (χ1v) is 6.86. The summed E-state index contributed by atoms with van der Waals surface area (Å²) in [6.45, 7) is 2.87. The molecule has 0 N–H and O–H groups in total. The highest BCUT2D eigenvalue weighted by atomic mass is 16.2. The molecule has 0 bridgehead atoms. The highest BCUT2D eigenvalue weighted by molar-refractivity contribution is 6.04. The van der Waals surface area contributed by atoms with Crippen molar-refractivity contribution >= 4 is 22.5 Å². The molecule has 0 radical (unpaired) electrons. The van der Waals surface area contributed by atoms with Crippen molar-refractivity contribution in [2.75, 3.05) is 18.0 Å². The predicted molar refractivity (Wildman–Crippen MR) is 81.0 cm³/mol. The van der Waals surface area contributed by atoms with Gasteiger partial charge in [-0.15, -0.1) is 0 Å². The maximum Gasteiger partial charge on any atom is 0.227 e. The molecule has 6 nitrogen and oxygen atoms in total. The van der Waals surface area contributed by atoms with Gasteiger partial charge in [-0.05, 0) is 30.5 Å². The standard InChI is InChI=1S/C15H15N5O/c1-10-6-14(12-4-2-3-5-13(12)18-10)20-9-11(7-15(20)21)8-17-19-16/h2-6,11H,7-9H2,1H3. The molecular formula is C15H15N5O. The zero-order chi connectivity index (χ0) is 14.8. The minimum absolute atomic E-state index is 0.0730. The second-order valence-corrected chi connectivity index (χ2v) is 5.29. The van der Waals surface area contributed by atoms with Crippen LogP contribution in [0.1, 0.15) is 12.1 Å². The minimum Gasteiger partial charge on any atom is -0.311 e. The van der Waals surface area contributed by atoms with E-state index in [9.17, 15) is 4.79 Å². The number of anilines is 1. The molecule has 2 aromatic rings. The van der Waals surface area contributed by atoms with Gasteiger partial charge < -0.3 is 4.90 Å². The second kappa shape index (κ2) is 5.42. The van der Waals surface area contributed by atoms with Gasteiger partial charge in [-0.3, -0.25) is 9.78 Å². The number of para-hydroxylation sites is 1. The summed E-state index contributed by atoms with van der Waals surface area (Å²) in [5.74, 6) is 0.157. The third kappa shape index (κ3) is 2.53. The Balaban J connectivity index is 2.00. The lowest BCUT2D eigenvalue weighted by atomic mass is 10.1. The zero-order valence-corrected chi connectivity index (χ0v) is 11.7. The maximum absolute atomic E-state index is 12.3. The minimum atomic E-state index is 0.0730. The van der Waals surface area contributed by atoms with Gasteiger partial charge >= 0.3 is 0 Å². The molecule has 1 aliphatic heterocycles. The number of carbonyl (C=O) groups is 1. The van der Waals surface area contributed by atoms with E-state index in [4.69, 9.17) is 5.53 Å². The number of benzene rings is 1. The lowest BCUT2D eigenvalue weighted by Crippen LogP contribution is -2.25. The normalized spacial score (nSPS) is 18.0. The predicted octanol–water partition coefficient (Wildman–Crippen LogP) is 3.21. The summed E-state index contributed by atoms with van der Waals surface area (Å²) in [6, 6.07) is 9.75. The number of carbonyl (C=O) groups excluding carboxylic acids is 1. The van der Waals surface area contributed by atoms with E-state index in [2.05, 4.69) is 15.0 Å². The number of aromatic nitrogens is 1. The number of hydrogen-bond donors (Lipinski definition) is 0. The monoisotopic (exact) mass is 281 g/mol. The van der Waals surface area contributed by atoms with Crippen LogP contribution in [0.25, 0.3) is 21.3 Å². The first kappa shape index (κ1) is 13.4. The molecule has 1 aromatic heterocycles. The largest absolute Gasteiger partial charge is 0.311 e. The second-order valence-electron chi connectivity index (χ2n) is 5.29. The van der Waals surface area contributed by atoms with Crippen molar-refractivity contribution in [3.05, 3.63) is 46.5 Å². The van der Waals surface area contributed by atoms with E-state index in [0.717, 1.165) is 22.3 Å². The van der Waals surface area contributed by atoms with Crippen LogP contribution in [0.2, 0.25) is 0 Å². The summed E-state index contributed by atoms with van der Waals surface area (Å²) >= 11 is 0. The fourth-order valence-corrected chi connectivity index (χ4v) is 2.80. The van der Waals surface area contributed by atoms with Crippen molar-refractivity contribution in [1.82, 2.24) is 4.98 Å². The van der Waals surface area contributed by atoms with Gasteiger partial charge in [-0.25, -0.2) is 0 Å². The summed E-state index contributed by atoms with van der Waals surface area (Å²) in [7, 11) is 0. The van der Waals surface area contributed by atoms with Gasteiger partial charge in [0.05, 0.1) is 11.2 Å². The molecule has 1 fully saturated rings. The molecule has 1 aromatic carbocycles. The zero-order valence-electron chi connectivity index (χ0n) is 11.7. The van der Waals surface area contributed by atoms with Crippen LogP contribution >= 0.6 is 0 Å². The number of amides is 1. The van der Waals surface area contributed by atoms with Crippen molar-refractivity contribution in [1.29, 1.82) is 0 Å². The number of fused-ring (bicyclic) bond motifs is 1. The maximum atomic E-state index is 12.3. The lowest BCUT2D eigenvalue weighted by molar-refractivity contribution is -0.117. The van der Waals surface area contributed by atoms with Crippen LogP contribution in [0.15, 0.2) is 35.4 Å². The van der Waals surface area contributed by atoms with E-state index in [0.29, 0.717) is 19.5 Å². The van der Waals surface area contributed by atoms with Crippen LogP contribution in [0, 0.1) is 12.8 Å². The fourth-order valence-electron chi connectivity index (χ4n) is 2.80. The molecule has 1 unspecified atom stereocenters. The van der Waals surface area contributed by atoms with Crippen LogP contribution in [0.5, 0.6) is 0 Å². The van der Waals surface area contributed by atoms with E-state index >= 15 is 0 Å². The van der Waals surface area contributed by atoms with E-state index in [1.54, 1.807) is 4.90 Å². The lowest BCUT2D eigenvalue weighted by Gasteiger charge is -2.19. The third-order valence-electron chi connectivity index (χ3n) is 3.72. The number of azide groups is 1. The Bertz CT molecular complexity index is 751. The topological polar surface area (TPSA) is 82.0 Å². The fraction of sp³-hybridized carbons (Fsp3) is 0.333. The molecule has 1 amide bonds. The summed E-state index contributed by atoms with van der Waals surface area (Å²) in [6.07, 6.45) is 0.425. The third-order valence-corrected chi connectivity index (χ3v) is 3.72. The van der Waals surface area contributed by atoms with E-state index in [1.807, 2.05) is 37.3 Å². The van der Waals surface area contributed by atoms with Gasteiger partial charge in [0, 0.05) is 35.5 Å². The van der Waals surface area contributed by atoms with Crippen molar-refractivity contribution in [2.24, 2.45) is 11.0 Å². The summed E-state index contributed by atoms with van der Waals surface area (Å²) in [5, 5.41) is 4.56. The molecule has 21 heavy (non-hydrogen) atoms. The molecule has 1 atom stereocenters. The van der Waals surface area contributed by atoms with E-state index in [1.165, 1.54) is 0 Å². The highest BCUT2D eigenvalue weighted by Gasteiger charge is 2.31. The average molecular weight is 281 g/mol. The Morgan fingerprint density at radius 1 is 1.48 bits per heavy atom. The Morgan fingerprint density at radius 2 is 2.29 bits per heavy atom. The average Bonchev–Trinajstić information content (AvgIpc) is 2.85. The highest BCUT2D eigenvalue weighted by Crippen LogP contribution is 2.31. The van der Waals surface area contributed by atoms with Gasteiger partial charge in [0.25, 0.3) is 0 Å². The molecule has 1 aliphatic rings. The molecule has 106 valence electrons. The van der Waals surface area contributed by atoms with Crippen LogP contribution in [0.4, 0.5) is 5.69 Å². The molecule has 1 saturated heterocycles. The van der Waals surface area contributed by atoms with Gasteiger partial charge in [-0.1, -0.05) is 23.3 Å². The van der Waals surface area contributed by atoms with E-state index in [-0.39, 0.29) is 11.8 Å². The Kier molecular flexibility index (Phi) is 3.46. The van der Waals surface area contributed by atoms with Crippen LogP contribution in [-0.4, -0.2) is 24.0 Å². The number of rotatable bonds is 3. The Hall–Kier alpha value is -2.59. The quantitative estimate of drug-likeness (QED) is 0.491. The molecule has 0 aliphatic carbocycles. The first-order chi connectivity index (χ1) is 10.2. The van der Waals surface area contributed by atoms with Gasteiger partial charge in [-0.2, -0.15) is 0 Å². The Morgan fingerprint density at radius 3 is 3.10 bits per heavy atom. The van der Waals surface area contributed by atoms with Gasteiger partial charge in [0.2, 0.25) is 5.91 Å². The molecule has 0 spiro atoms. The SMILES string of the molecule is Cc1cc(N2CC(CN=[N+]=[N-])CC2=O)c2ccccc2n1. The van der Waals surface area contributed by atoms with Crippen molar-refractivity contribution in [2.45, 2.75) is 13.3 Å². The van der Waals surface area contributed by atoms with Crippen molar-refractivity contribution in [3.63, 3.8) is 0 Å². The number of nitrogens with zero attached hydrogens (tertiary/aromatic N) is 5.